The van der Waals surface area contributed by atoms with Crippen molar-refractivity contribution in [2.75, 3.05) is 24.7 Å². The van der Waals surface area contributed by atoms with Crippen LogP contribution in [0.15, 0.2) is 43.4 Å². The molecule has 0 saturated heterocycles. The Bertz CT molecular complexity index is 1420. The van der Waals surface area contributed by atoms with Gasteiger partial charge in [-0.25, -0.2) is 12.7 Å². The number of nitrogens with zero attached hydrogens (tertiary/aromatic N) is 1. The molecule has 0 fully saturated rings. The molecule has 1 aliphatic carbocycles. The van der Waals surface area contributed by atoms with Crippen LogP contribution >= 0.6 is 11.6 Å². The number of rotatable bonds is 6. The highest BCUT2D eigenvalue weighted by Crippen LogP contribution is 2.46. The molecular weight excluding hydrogens is 470 g/mol. The van der Waals surface area contributed by atoms with E-state index >= 15 is 0 Å². The molecule has 0 spiro atoms. The predicted molar refractivity (Wildman–Crippen MR) is 126 cm³/mol. The summed E-state index contributed by atoms with van der Waals surface area (Å²) in [5, 5.41) is 16.4. The van der Waals surface area contributed by atoms with E-state index in [4.69, 9.17) is 16.0 Å². The van der Waals surface area contributed by atoms with Crippen LogP contribution in [0.3, 0.4) is 0 Å². The molecular formula is C22H24ClN3O6S. The lowest BCUT2D eigenvalue weighted by Gasteiger charge is -2.38. The summed E-state index contributed by atoms with van der Waals surface area (Å²) in [4.78, 5) is 24.3. The topological polar surface area (TPSA) is 129 Å². The number of fused-ring (bicyclic) bond motifs is 1. The number of anilines is 3. The minimum Gasteiger partial charge on any atom is -0.504 e. The molecule has 11 heteroatoms. The average molecular weight is 494 g/mol. The Labute approximate surface area is 195 Å². The number of halogens is 1. The molecule has 1 atom stereocenters. The van der Waals surface area contributed by atoms with Gasteiger partial charge in [0.05, 0.1) is 23.0 Å². The van der Waals surface area contributed by atoms with Crippen LogP contribution in [0.2, 0.25) is 5.02 Å². The monoisotopic (exact) mass is 493 g/mol. The molecule has 1 aliphatic rings. The van der Waals surface area contributed by atoms with Gasteiger partial charge in [0.2, 0.25) is 10.0 Å². The lowest BCUT2D eigenvalue weighted by Crippen LogP contribution is -2.41. The van der Waals surface area contributed by atoms with Crippen molar-refractivity contribution in [2.45, 2.75) is 37.6 Å². The number of aromatic hydroxyl groups is 1. The molecule has 0 unspecified atom stereocenters. The first-order chi connectivity index (χ1) is 15.4. The van der Waals surface area contributed by atoms with Crippen LogP contribution in [0.5, 0.6) is 5.75 Å². The zero-order chi connectivity index (χ0) is 24.3. The van der Waals surface area contributed by atoms with Gasteiger partial charge in [0.25, 0.3) is 10.9 Å². The second kappa shape index (κ2) is 7.89. The Morgan fingerprint density at radius 1 is 1.15 bits per heavy atom. The number of phenols is 1. The fourth-order valence-corrected chi connectivity index (χ4v) is 5.51. The van der Waals surface area contributed by atoms with Crippen molar-refractivity contribution in [2.24, 2.45) is 5.41 Å². The number of sulfonamides is 1. The molecule has 176 valence electrons. The zero-order valence-corrected chi connectivity index (χ0v) is 20.1. The largest absolute Gasteiger partial charge is 0.504 e. The maximum absolute atomic E-state index is 12.6. The van der Waals surface area contributed by atoms with Crippen LogP contribution in [-0.4, -0.2) is 31.9 Å². The smallest absolute Gasteiger partial charge is 0.253 e. The molecule has 3 aromatic rings. The standard InChI is InChI=1S/C22H24ClN3O6S/c1-22(2)9-7-11-8-10-32-19(11)21(22)25-15-14(17(28)18(15)29)24-13-6-5-12(23)20(16(13)27)33(30,31)26(3)4/h5-6,8,10,21,24-25,27H,7,9H2,1-4H3/t21-/m1/s1. The fourth-order valence-electron chi connectivity index (χ4n) is 4.03. The van der Waals surface area contributed by atoms with Crippen LogP contribution < -0.4 is 21.5 Å². The van der Waals surface area contributed by atoms with Crippen molar-refractivity contribution in [3.63, 3.8) is 0 Å². The van der Waals surface area contributed by atoms with Crippen LogP contribution in [0.25, 0.3) is 0 Å². The Hall–Kier alpha value is -2.82. The molecule has 0 amide bonds. The normalized spacial score (nSPS) is 17.8. The van der Waals surface area contributed by atoms with Gasteiger partial charge >= 0.3 is 0 Å². The van der Waals surface area contributed by atoms with Gasteiger partial charge in [-0.05, 0) is 42.0 Å². The highest BCUT2D eigenvalue weighted by Gasteiger charge is 2.40. The molecule has 0 aliphatic heterocycles. The quantitative estimate of drug-likeness (QED) is 0.352. The lowest BCUT2D eigenvalue weighted by molar-refractivity contribution is 0.234. The Morgan fingerprint density at radius 3 is 2.48 bits per heavy atom. The van der Waals surface area contributed by atoms with Gasteiger partial charge in [-0.2, -0.15) is 0 Å². The highest BCUT2D eigenvalue weighted by molar-refractivity contribution is 7.89. The van der Waals surface area contributed by atoms with Gasteiger partial charge in [0, 0.05) is 14.1 Å². The van der Waals surface area contributed by atoms with Gasteiger partial charge < -0.3 is 20.2 Å². The summed E-state index contributed by atoms with van der Waals surface area (Å²) in [5.74, 6) is 0.0560. The van der Waals surface area contributed by atoms with Crippen LogP contribution in [0, 0.1) is 5.41 Å². The summed E-state index contributed by atoms with van der Waals surface area (Å²) in [6.45, 7) is 4.08. The second-order valence-electron chi connectivity index (χ2n) is 8.97. The first-order valence-corrected chi connectivity index (χ1v) is 12.0. The summed E-state index contributed by atoms with van der Waals surface area (Å²) in [6.07, 6.45) is 3.29. The van der Waals surface area contributed by atoms with Crippen molar-refractivity contribution >= 4 is 38.7 Å². The fraction of sp³-hybridized carbons (Fsp3) is 0.364. The molecule has 9 nitrogen and oxygen atoms in total. The van der Waals surface area contributed by atoms with Crippen LogP contribution in [0.1, 0.15) is 37.6 Å². The summed E-state index contributed by atoms with van der Waals surface area (Å²) >= 11 is 6.04. The summed E-state index contributed by atoms with van der Waals surface area (Å²) in [6, 6.07) is 4.16. The molecule has 0 saturated carbocycles. The highest BCUT2D eigenvalue weighted by atomic mass is 35.5. The number of aryl methyl sites for hydroxylation is 1. The Kier molecular flexibility index (Phi) is 5.58. The van der Waals surface area contributed by atoms with E-state index < -0.39 is 31.5 Å². The van der Waals surface area contributed by atoms with E-state index in [1.54, 1.807) is 6.26 Å². The lowest BCUT2D eigenvalue weighted by atomic mass is 9.73. The number of hydrogen-bond acceptors (Lipinski definition) is 8. The third kappa shape index (κ3) is 3.71. The molecule has 0 bridgehead atoms. The first kappa shape index (κ1) is 23.3. The molecule has 3 N–H and O–H groups in total. The molecule has 1 heterocycles. The second-order valence-corrected chi connectivity index (χ2v) is 11.5. The number of nitrogens with one attached hydrogen (secondary N) is 2. The van der Waals surface area contributed by atoms with Gasteiger partial charge in [-0.3, -0.25) is 9.59 Å². The van der Waals surface area contributed by atoms with Gasteiger partial charge in [-0.1, -0.05) is 25.4 Å². The zero-order valence-electron chi connectivity index (χ0n) is 18.5. The van der Waals surface area contributed by atoms with Crippen molar-refractivity contribution in [1.29, 1.82) is 0 Å². The van der Waals surface area contributed by atoms with E-state index in [-0.39, 0.29) is 33.5 Å². The molecule has 4 rings (SSSR count). The van der Waals surface area contributed by atoms with E-state index in [2.05, 4.69) is 10.6 Å². The van der Waals surface area contributed by atoms with Gasteiger partial charge in [0.1, 0.15) is 22.0 Å². The molecule has 1 aromatic heterocycles. The van der Waals surface area contributed by atoms with E-state index in [0.717, 1.165) is 22.7 Å². The summed E-state index contributed by atoms with van der Waals surface area (Å²) in [5.41, 5.74) is -0.810. The predicted octanol–water partition coefficient (Wildman–Crippen LogP) is 3.35. The average Bonchev–Trinajstić information content (AvgIpc) is 3.21. The van der Waals surface area contributed by atoms with Crippen molar-refractivity contribution in [1.82, 2.24) is 4.31 Å². The van der Waals surface area contributed by atoms with Gasteiger partial charge in [0.15, 0.2) is 5.75 Å². The van der Waals surface area contributed by atoms with Crippen molar-refractivity contribution in [3.8, 4) is 5.75 Å². The number of hydrogen-bond donors (Lipinski definition) is 3. The number of benzene rings is 1. The van der Waals surface area contributed by atoms with Gasteiger partial charge in [-0.15, -0.1) is 0 Å². The number of furan rings is 1. The van der Waals surface area contributed by atoms with E-state index in [1.807, 2.05) is 19.9 Å². The third-order valence-electron chi connectivity index (χ3n) is 6.14. The van der Waals surface area contributed by atoms with Crippen molar-refractivity contribution in [3.05, 3.63) is 61.3 Å². The Morgan fingerprint density at radius 2 is 1.82 bits per heavy atom. The maximum atomic E-state index is 12.6. The molecule has 33 heavy (non-hydrogen) atoms. The SMILES string of the molecule is CN(C)S(=O)(=O)c1c(Cl)ccc(Nc2c(N[C@@H]3c4occc4CCC3(C)C)c(=O)c2=O)c1O. The van der Waals surface area contributed by atoms with E-state index in [9.17, 15) is 23.1 Å². The number of phenolic OH excluding ortho intramolecular Hbond substituents is 1. The Balaban J connectivity index is 1.72. The minimum atomic E-state index is -4.07. The third-order valence-corrected chi connectivity index (χ3v) is 8.46. The molecule has 0 radical (unpaired) electrons. The molecule has 2 aromatic carbocycles. The maximum Gasteiger partial charge on any atom is 0.253 e. The van der Waals surface area contributed by atoms with Crippen LogP contribution in [-0.2, 0) is 16.4 Å². The van der Waals surface area contributed by atoms with Crippen molar-refractivity contribution < 1.29 is 17.9 Å². The first-order valence-electron chi connectivity index (χ1n) is 10.2. The van der Waals surface area contributed by atoms with E-state index in [1.165, 1.54) is 26.2 Å². The minimum absolute atomic E-state index is 0.0497. The van der Waals surface area contributed by atoms with Crippen LogP contribution in [0.4, 0.5) is 17.1 Å². The van der Waals surface area contributed by atoms with E-state index in [0.29, 0.717) is 5.76 Å². The summed E-state index contributed by atoms with van der Waals surface area (Å²) in [7, 11) is -1.46. The summed E-state index contributed by atoms with van der Waals surface area (Å²) < 4.78 is 31.8.